The molecule has 4 rings (SSSR count). The van der Waals surface area contributed by atoms with Crippen LogP contribution in [-0.4, -0.2) is 34.5 Å². The molecule has 0 unspecified atom stereocenters. The minimum Gasteiger partial charge on any atom is -0.462 e. The van der Waals surface area contributed by atoms with Crippen molar-refractivity contribution in [1.29, 1.82) is 0 Å². The van der Waals surface area contributed by atoms with Gasteiger partial charge in [0.2, 0.25) is 0 Å². The first kappa shape index (κ1) is 16.7. The highest BCUT2D eigenvalue weighted by atomic mass is 32.1. The minimum atomic E-state index is -0.373. The molecule has 0 aromatic heterocycles. The average molecular weight is 366 g/mol. The van der Waals surface area contributed by atoms with Crippen molar-refractivity contribution in [1.82, 2.24) is 4.90 Å². The van der Waals surface area contributed by atoms with Crippen LogP contribution in [0.15, 0.2) is 48.5 Å². The molecule has 1 amide bonds. The van der Waals surface area contributed by atoms with E-state index < -0.39 is 0 Å². The highest BCUT2D eigenvalue weighted by Crippen LogP contribution is 2.33. The van der Waals surface area contributed by atoms with E-state index in [1.807, 2.05) is 17.0 Å². The lowest BCUT2D eigenvalue weighted by Gasteiger charge is -2.30. The number of carbonyl (C=O) groups is 2. The molecule has 0 radical (unpaired) electrons. The quantitative estimate of drug-likeness (QED) is 0.618. The highest BCUT2D eigenvalue weighted by Gasteiger charge is 2.45. The number of nitrogens with zero attached hydrogens (tertiary/aromatic N) is 2. The fraction of sp³-hybridized carbons (Fsp3) is 0.250. The van der Waals surface area contributed by atoms with Crippen LogP contribution < -0.4 is 4.90 Å². The third kappa shape index (κ3) is 2.66. The van der Waals surface area contributed by atoms with Crippen LogP contribution in [0.1, 0.15) is 28.4 Å². The first-order valence-electron chi connectivity index (χ1n) is 8.58. The van der Waals surface area contributed by atoms with Gasteiger partial charge in [-0.3, -0.25) is 9.69 Å². The van der Waals surface area contributed by atoms with E-state index in [2.05, 4.69) is 12.1 Å². The number of thiocarbonyl (C=S) groups is 1. The van der Waals surface area contributed by atoms with E-state index in [9.17, 15) is 9.59 Å². The Hall–Kier alpha value is -2.73. The Morgan fingerprint density at radius 1 is 1.15 bits per heavy atom. The molecule has 2 aliphatic rings. The summed E-state index contributed by atoms with van der Waals surface area (Å²) in [7, 11) is 0. The summed E-state index contributed by atoms with van der Waals surface area (Å²) < 4.78 is 5.00. The molecule has 0 N–H and O–H groups in total. The summed E-state index contributed by atoms with van der Waals surface area (Å²) in [5.74, 6) is -0.393. The lowest BCUT2D eigenvalue weighted by atomic mass is 9.95. The maximum Gasteiger partial charge on any atom is 0.338 e. The van der Waals surface area contributed by atoms with Crippen molar-refractivity contribution < 1.29 is 14.3 Å². The summed E-state index contributed by atoms with van der Waals surface area (Å²) in [4.78, 5) is 28.3. The van der Waals surface area contributed by atoms with Crippen molar-refractivity contribution in [3.63, 3.8) is 0 Å². The molecule has 2 aromatic rings. The molecule has 1 atom stereocenters. The number of hydrogen-bond donors (Lipinski definition) is 0. The maximum absolute atomic E-state index is 13.0. The van der Waals surface area contributed by atoms with Gasteiger partial charge in [0, 0.05) is 13.0 Å². The number of esters is 1. The van der Waals surface area contributed by atoms with Crippen LogP contribution in [0.2, 0.25) is 0 Å². The van der Waals surface area contributed by atoms with E-state index in [-0.39, 0.29) is 17.9 Å². The summed E-state index contributed by atoms with van der Waals surface area (Å²) >= 11 is 5.59. The minimum absolute atomic E-state index is 0.0200. The summed E-state index contributed by atoms with van der Waals surface area (Å²) in [6.45, 7) is 2.73. The number of hydrogen-bond acceptors (Lipinski definition) is 4. The lowest BCUT2D eigenvalue weighted by Crippen LogP contribution is -2.39. The molecule has 0 spiro atoms. The second-order valence-corrected chi connectivity index (χ2v) is 6.71. The monoisotopic (exact) mass is 366 g/mol. The molecule has 0 bridgehead atoms. The molecule has 1 saturated heterocycles. The first-order chi connectivity index (χ1) is 12.6. The average Bonchev–Trinajstić information content (AvgIpc) is 2.90. The number of benzene rings is 2. The topological polar surface area (TPSA) is 49.9 Å². The number of carbonyl (C=O) groups excluding carboxylic acids is 2. The highest BCUT2D eigenvalue weighted by molar-refractivity contribution is 7.80. The Bertz CT molecular complexity index is 851. The molecular weight excluding hydrogens is 348 g/mol. The molecule has 5 nitrogen and oxygen atoms in total. The van der Waals surface area contributed by atoms with Gasteiger partial charge in [-0.05, 0) is 54.5 Å². The number of amides is 1. The van der Waals surface area contributed by atoms with E-state index in [0.717, 1.165) is 0 Å². The lowest BCUT2D eigenvalue weighted by molar-refractivity contribution is -0.120. The Labute approximate surface area is 157 Å². The number of fused-ring (bicyclic) bond motifs is 2. The van der Waals surface area contributed by atoms with E-state index in [0.29, 0.717) is 35.9 Å². The molecule has 26 heavy (non-hydrogen) atoms. The zero-order valence-corrected chi connectivity index (χ0v) is 15.2. The van der Waals surface area contributed by atoms with E-state index in [1.54, 1.807) is 36.1 Å². The smallest absolute Gasteiger partial charge is 0.338 e. The molecule has 2 aliphatic heterocycles. The van der Waals surface area contributed by atoms with E-state index in [1.165, 1.54) is 11.1 Å². The summed E-state index contributed by atoms with van der Waals surface area (Å²) in [6.07, 6.45) is 0.659. The zero-order chi connectivity index (χ0) is 18.3. The number of rotatable bonds is 3. The van der Waals surface area contributed by atoms with Crippen molar-refractivity contribution in [2.45, 2.75) is 25.9 Å². The predicted molar refractivity (Wildman–Crippen MR) is 102 cm³/mol. The fourth-order valence-corrected chi connectivity index (χ4v) is 3.90. The van der Waals surface area contributed by atoms with Gasteiger partial charge >= 0.3 is 5.97 Å². The second-order valence-electron chi connectivity index (χ2n) is 6.34. The van der Waals surface area contributed by atoms with Crippen LogP contribution in [-0.2, 0) is 22.5 Å². The van der Waals surface area contributed by atoms with Gasteiger partial charge in [0.25, 0.3) is 5.91 Å². The van der Waals surface area contributed by atoms with Gasteiger partial charge in [-0.25, -0.2) is 4.79 Å². The van der Waals surface area contributed by atoms with Gasteiger partial charge in [-0.2, -0.15) is 0 Å². The molecule has 0 saturated carbocycles. The molecule has 6 heteroatoms. The SMILES string of the molecule is CCOC(=O)c1ccc(N2C(=O)[C@H]3Cc4ccccc4CN3C2=S)cc1. The summed E-state index contributed by atoms with van der Waals surface area (Å²) in [6, 6.07) is 14.7. The van der Waals surface area contributed by atoms with Crippen molar-refractivity contribution in [3.8, 4) is 0 Å². The van der Waals surface area contributed by atoms with E-state index in [4.69, 9.17) is 17.0 Å². The summed E-state index contributed by atoms with van der Waals surface area (Å²) in [5.41, 5.74) is 3.53. The van der Waals surface area contributed by atoms with Gasteiger partial charge < -0.3 is 9.64 Å². The van der Waals surface area contributed by atoms with Crippen LogP contribution in [0.3, 0.4) is 0 Å². The van der Waals surface area contributed by atoms with Crippen molar-refractivity contribution in [2.75, 3.05) is 11.5 Å². The van der Waals surface area contributed by atoms with Crippen molar-refractivity contribution >= 4 is 34.9 Å². The fourth-order valence-electron chi connectivity index (χ4n) is 3.52. The van der Waals surface area contributed by atoms with Crippen LogP contribution in [0.5, 0.6) is 0 Å². The molecule has 0 aliphatic carbocycles. The molecule has 132 valence electrons. The Morgan fingerprint density at radius 3 is 2.54 bits per heavy atom. The predicted octanol–water partition coefficient (Wildman–Crippen LogP) is 2.92. The Balaban J connectivity index is 1.60. The number of ether oxygens (including phenoxy) is 1. The molecule has 2 aromatic carbocycles. The van der Waals surface area contributed by atoms with Gasteiger partial charge in [0.15, 0.2) is 5.11 Å². The molecular formula is C20H18N2O3S. The zero-order valence-electron chi connectivity index (χ0n) is 14.3. The van der Waals surface area contributed by atoms with Gasteiger partial charge in [-0.1, -0.05) is 24.3 Å². The third-order valence-corrected chi connectivity index (χ3v) is 5.24. The van der Waals surface area contributed by atoms with Gasteiger partial charge in [0.05, 0.1) is 17.9 Å². The largest absolute Gasteiger partial charge is 0.462 e. The van der Waals surface area contributed by atoms with Crippen LogP contribution in [0, 0.1) is 0 Å². The second kappa shape index (κ2) is 6.53. The molecule has 2 heterocycles. The van der Waals surface area contributed by atoms with Crippen LogP contribution in [0.25, 0.3) is 0 Å². The molecule has 1 fully saturated rings. The van der Waals surface area contributed by atoms with Gasteiger partial charge in [-0.15, -0.1) is 0 Å². The summed E-state index contributed by atoms with van der Waals surface area (Å²) in [5, 5.41) is 0.512. The Morgan fingerprint density at radius 2 is 1.85 bits per heavy atom. The van der Waals surface area contributed by atoms with Crippen molar-refractivity contribution in [3.05, 3.63) is 65.2 Å². The van der Waals surface area contributed by atoms with Gasteiger partial charge in [0.1, 0.15) is 6.04 Å². The standard InChI is InChI=1S/C20H18N2O3S/c1-2-25-19(24)13-7-9-16(10-8-13)22-18(23)17-11-14-5-3-4-6-15(14)12-21(17)20(22)26/h3-10,17H,2,11-12H2,1H3/t17-/m1/s1. The number of anilines is 1. The van der Waals surface area contributed by atoms with E-state index >= 15 is 0 Å². The van der Waals surface area contributed by atoms with Crippen LogP contribution in [0.4, 0.5) is 5.69 Å². The van der Waals surface area contributed by atoms with Crippen LogP contribution >= 0.6 is 12.2 Å². The first-order valence-corrected chi connectivity index (χ1v) is 8.99. The van der Waals surface area contributed by atoms with Crippen molar-refractivity contribution in [2.24, 2.45) is 0 Å². The maximum atomic E-state index is 13.0. The normalized spacial score (nSPS) is 18.6. The Kier molecular flexibility index (Phi) is 4.20. The third-order valence-electron chi connectivity index (χ3n) is 4.83.